The van der Waals surface area contributed by atoms with Crippen molar-refractivity contribution in [2.24, 2.45) is 11.3 Å². The van der Waals surface area contributed by atoms with Gasteiger partial charge in [0.2, 0.25) is 0 Å². The van der Waals surface area contributed by atoms with E-state index >= 15 is 0 Å². The third-order valence-corrected chi connectivity index (χ3v) is 4.21. The van der Waals surface area contributed by atoms with Crippen LogP contribution in [0.25, 0.3) is 0 Å². The zero-order chi connectivity index (χ0) is 13.1. The molecule has 1 saturated carbocycles. The average molecular weight is 240 g/mol. The van der Waals surface area contributed by atoms with Crippen LogP contribution in [0.2, 0.25) is 0 Å². The molecule has 1 N–H and O–H groups in total. The number of amides is 2. The van der Waals surface area contributed by atoms with Crippen molar-refractivity contribution in [2.45, 2.75) is 59.4 Å². The second-order valence-electron chi connectivity index (χ2n) is 6.16. The second-order valence-corrected chi connectivity index (χ2v) is 6.16. The lowest BCUT2D eigenvalue weighted by Gasteiger charge is -2.44. The van der Waals surface area contributed by atoms with Crippen LogP contribution in [0.3, 0.4) is 0 Å². The van der Waals surface area contributed by atoms with E-state index in [0.29, 0.717) is 18.0 Å². The van der Waals surface area contributed by atoms with Gasteiger partial charge in [-0.25, -0.2) is 4.79 Å². The molecule has 3 nitrogen and oxygen atoms in total. The fraction of sp³-hybridized carbons (Fsp3) is 0.929. The van der Waals surface area contributed by atoms with E-state index in [9.17, 15) is 4.79 Å². The monoisotopic (exact) mass is 240 g/mol. The first-order valence-corrected chi connectivity index (χ1v) is 6.90. The molecule has 0 unspecified atom stereocenters. The van der Waals surface area contributed by atoms with Crippen molar-refractivity contribution in [3.63, 3.8) is 0 Å². The second kappa shape index (κ2) is 5.74. The molecule has 3 heteroatoms. The van der Waals surface area contributed by atoms with E-state index in [4.69, 9.17) is 0 Å². The van der Waals surface area contributed by atoms with Crippen LogP contribution in [0.1, 0.15) is 53.4 Å². The molecule has 100 valence electrons. The maximum absolute atomic E-state index is 11.6. The van der Waals surface area contributed by atoms with Crippen LogP contribution in [-0.2, 0) is 0 Å². The number of carbonyl (C=O) groups excluding carboxylic acids is 1. The van der Waals surface area contributed by atoms with E-state index in [1.54, 1.807) is 0 Å². The van der Waals surface area contributed by atoms with Crippen LogP contribution in [0, 0.1) is 11.3 Å². The third kappa shape index (κ3) is 3.90. The lowest BCUT2D eigenvalue weighted by molar-refractivity contribution is 0.0859. The summed E-state index contributed by atoms with van der Waals surface area (Å²) >= 11 is 0. The molecule has 0 atom stereocenters. The summed E-state index contributed by atoms with van der Waals surface area (Å²) in [7, 11) is 1.91. The number of rotatable bonds is 5. The van der Waals surface area contributed by atoms with Gasteiger partial charge >= 0.3 is 6.03 Å². The summed E-state index contributed by atoms with van der Waals surface area (Å²) in [6, 6.07) is 0.532. The van der Waals surface area contributed by atoms with E-state index in [1.165, 1.54) is 25.7 Å². The SMILES string of the molecule is CCNC(=O)N(C)C1CC(CC(C)(C)CC)C1. The first-order valence-electron chi connectivity index (χ1n) is 6.90. The minimum Gasteiger partial charge on any atom is -0.338 e. The number of urea groups is 1. The molecule has 0 radical (unpaired) electrons. The highest BCUT2D eigenvalue weighted by Crippen LogP contribution is 2.40. The molecule has 1 rings (SSSR count). The normalized spacial score (nSPS) is 24.1. The van der Waals surface area contributed by atoms with Crippen molar-refractivity contribution in [1.82, 2.24) is 10.2 Å². The first kappa shape index (κ1) is 14.3. The summed E-state index contributed by atoms with van der Waals surface area (Å²) in [6.07, 6.45) is 4.89. The Morgan fingerprint density at radius 1 is 1.35 bits per heavy atom. The van der Waals surface area contributed by atoms with Gasteiger partial charge in [0.15, 0.2) is 0 Å². The summed E-state index contributed by atoms with van der Waals surface area (Å²) in [4.78, 5) is 13.5. The van der Waals surface area contributed by atoms with Crippen molar-refractivity contribution < 1.29 is 4.79 Å². The number of hydrogen-bond acceptors (Lipinski definition) is 1. The Bertz CT molecular complexity index is 257. The summed E-state index contributed by atoms with van der Waals surface area (Å²) in [5.41, 5.74) is 0.458. The predicted molar refractivity (Wildman–Crippen MR) is 72.0 cm³/mol. The van der Waals surface area contributed by atoms with Gasteiger partial charge in [-0.2, -0.15) is 0 Å². The van der Waals surface area contributed by atoms with E-state index in [2.05, 4.69) is 26.1 Å². The van der Waals surface area contributed by atoms with E-state index < -0.39 is 0 Å². The Balaban J connectivity index is 2.29. The van der Waals surface area contributed by atoms with Gasteiger partial charge in [-0.1, -0.05) is 27.2 Å². The summed E-state index contributed by atoms with van der Waals surface area (Å²) in [5, 5.41) is 2.86. The Labute approximate surface area is 106 Å². The fourth-order valence-corrected chi connectivity index (χ4v) is 2.55. The molecule has 0 spiro atoms. The third-order valence-electron chi connectivity index (χ3n) is 4.21. The van der Waals surface area contributed by atoms with Crippen LogP contribution in [0.4, 0.5) is 4.79 Å². The molecule has 0 aromatic carbocycles. The molecule has 17 heavy (non-hydrogen) atoms. The Morgan fingerprint density at radius 3 is 2.41 bits per heavy atom. The van der Waals surface area contributed by atoms with E-state index in [1.807, 2.05) is 18.9 Å². The molecular weight excluding hydrogens is 212 g/mol. The number of nitrogens with one attached hydrogen (secondary N) is 1. The summed E-state index contributed by atoms with van der Waals surface area (Å²) in [5.74, 6) is 0.812. The molecule has 0 saturated heterocycles. The maximum atomic E-state index is 11.6. The van der Waals surface area contributed by atoms with Crippen molar-refractivity contribution in [3.8, 4) is 0 Å². The zero-order valence-electron chi connectivity index (χ0n) is 12.0. The van der Waals surface area contributed by atoms with Gasteiger partial charge in [0.25, 0.3) is 0 Å². The molecule has 0 aromatic rings. The molecule has 0 heterocycles. The Morgan fingerprint density at radius 2 is 1.94 bits per heavy atom. The highest BCUT2D eigenvalue weighted by Gasteiger charge is 2.36. The van der Waals surface area contributed by atoms with Crippen molar-refractivity contribution in [2.75, 3.05) is 13.6 Å². The fourth-order valence-electron chi connectivity index (χ4n) is 2.55. The quantitative estimate of drug-likeness (QED) is 0.786. The lowest BCUT2D eigenvalue weighted by atomic mass is 9.70. The van der Waals surface area contributed by atoms with Gasteiger partial charge in [0.05, 0.1) is 0 Å². The van der Waals surface area contributed by atoms with Gasteiger partial charge in [-0.15, -0.1) is 0 Å². The Kier molecular flexibility index (Phi) is 4.84. The largest absolute Gasteiger partial charge is 0.338 e. The lowest BCUT2D eigenvalue weighted by Crippen LogP contribution is -2.49. The number of hydrogen-bond donors (Lipinski definition) is 1. The number of nitrogens with zero attached hydrogens (tertiary/aromatic N) is 1. The van der Waals surface area contributed by atoms with Gasteiger partial charge in [-0.05, 0) is 37.5 Å². The van der Waals surface area contributed by atoms with Gasteiger partial charge in [0, 0.05) is 19.6 Å². The average Bonchev–Trinajstić information content (AvgIpc) is 2.22. The maximum Gasteiger partial charge on any atom is 0.317 e. The standard InChI is InChI=1S/C14H28N2O/c1-6-14(3,4)10-11-8-12(9-11)16(5)13(17)15-7-2/h11-12H,6-10H2,1-5H3,(H,15,17). The topological polar surface area (TPSA) is 32.3 Å². The highest BCUT2D eigenvalue weighted by atomic mass is 16.2. The van der Waals surface area contributed by atoms with E-state index in [-0.39, 0.29) is 6.03 Å². The van der Waals surface area contributed by atoms with E-state index in [0.717, 1.165) is 5.92 Å². The van der Waals surface area contributed by atoms with Crippen molar-refractivity contribution in [3.05, 3.63) is 0 Å². The van der Waals surface area contributed by atoms with Crippen molar-refractivity contribution in [1.29, 1.82) is 0 Å². The molecule has 1 aliphatic rings. The van der Waals surface area contributed by atoms with Crippen molar-refractivity contribution >= 4 is 6.03 Å². The molecular formula is C14H28N2O. The van der Waals surface area contributed by atoms with Gasteiger partial charge in [0.1, 0.15) is 0 Å². The molecule has 2 amide bonds. The molecule has 0 aromatic heterocycles. The van der Waals surface area contributed by atoms with Crippen LogP contribution >= 0.6 is 0 Å². The highest BCUT2D eigenvalue weighted by molar-refractivity contribution is 5.74. The Hall–Kier alpha value is -0.730. The van der Waals surface area contributed by atoms with Gasteiger partial charge < -0.3 is 10.2 Å². The van der Waals surface area contributed by atoms with Crippen LogP contribution in [0.5, 0.6) is 0 Å². The summed E-state index contributed by atoms with van der Waals surface area (Å²) < 4.78 is 0. The molecule has 1 fully saturated rings. The smallest absolute Gasteiger partial charge is 0.317 e. The minimum absolute atomic E-state index is 0.0747. The minimum atomic E-state index is 0.0747. The zero-order valence-corrected chi connectivity index (χ0v) is 12.0. The first-order chi connectivity index (χ1) is 7.89. The molecule has 0 bridgehead atoms. The van der Waals surface area contributed by atoms with Crippen LogP contribution in [0.15, 0.2) is 0 Å². The van der Waals surface area contributed by atoms with Crippen LogP contribution < -0.4 is 5.32 Å². The van der Waals surface area contributed by atoms with Crippen LogP contribution in [-0.4, -0.2) is 30.6 Å². The van der Waals surface area contributed by atoms with Gasteiger partial charge in [-0.3, -0.25) is 0 Å². The molecule has 1 aliphatic carbocycles. The predicted octanol–water partition coefficient (Wildman–Crippen LogP) is 3.25. The molecule has 0 aliphatic heterocycles. The summed E-state index contributed by atoms with van der Waals surface area (Å²) in [6.45, 7) is 9.61. The number of carbonyl (C=O) groups is 1.